The molecule has 0 radical (unpaired) electrons. The lowest BCUT2D eigenvalue weighted by Gasteiger charge is -2.56. The van der Waals surface area contributed by atoms with Gasteiger partial charge in [-0.25, -0.2) is 4.79 Å². The van der Waals surface area contributed by atoms with E-state index in [9.17, 15) is 24.5 Å². The van der Waals surface area contributed by atoms with Crippen LogP contribution in [0.25, 0.3) is 0 Å². The molecule has 34 heavy (non-hydrogen) atoms. The molecular weight excluding hydrogens is 526 g/mol. The molecule has 2 saturated heterocycles. The van der Waals surface area contributed by atoms with Crippen molar-refractivity contribution in [3.63, 3.8) is 0 Å². The molecule has 178 valence electrons. The first-order chi connectivity index (χ1) is 16.2. The molecule has 0 bridgehead atoms. The van der Waals surface area contributed by atoms with Crippen molar-refractivity contribution in [1.82, 2.24) is 10.2 Å². The predicted molar refractivity (Wildman–Crippen MR) is 129 cm³/mol. The van der Waals surface area contributed by atoms with Crippen LogP contribution in [0.2, 0.25) is 0 Å². The predicted octanol–water partition coefficient (Wildman–Crippen LogP) is 2.80. The number of fused-ring (bicyclic) bond motifs is 1. The van der Waals surface area contributed by atoms with Crippen LogP contribution in [0.15, 0.2) is 54.6 Å². The van der Waals surface area contributed by atoms with Gasteiger partial charge >= 0.3 is 5.97 Å². The molecular formula is C23H22BrN3O6S. The molecule has 2 aromatic rings. The Morgan fingerprint density at radius 1 is 1.21 bits per heavy atom. The summed E-state index contributed by atoms with van der Waals surface area (Å²) >= 11 is 5.07. The number of non-ortho nitro benzene ring substituents is 1. The van der Waals surface area contributed by atoms with Gasteiger partial charge in [0.25, 0.3) is 5.69 Å². The number of carbonyl (C=O) groups excluding carboxylic acids is 3. The van der Waals surface area contributed by atoms with Gasteiger partial charge < -0.3 is 15.0 Å². The highest BCUT2D eigenvalue weighted by Crippen LogP contribution is 2.46. The fraction of sp³-hybridized carbons (Fsp3) is 0.348. The zero-order chi connectivity index (χ0) is 24.5. The molecule has 11 heteroatoms. The number of carbonyl (C=O) groups is 3. The van der Waals surface area contributed by atoms with E-state index in [0.29, 0.717) is 11.3 Å². The van der Waals surface area contributed by atoms with E-state index in [1.807, 2.05) is 37.3 Å². The van der Waals surface area contributed by atoms with Crippen LogP contribution in [0, 0.1) is 10.1 Å². The second-order valence-electron chi connectivity index (χ2n) is 8.37. The van der Waals surface area contributed by atoms with E-state index in [0.717, 1.165) is 5.56 Å². The largest absolute Gasteiger partial charge is 0.459 e. The fourth-order valence-electron chi connectivity index (χ4n) is 4.00. The Kier molecular flexibility index (Phi) is 6.94. The second kappa shape index (κ2) is 9.75. The number of ether oxygens (including phenoxy) is 1. The number of rotatable bonds is 7. The van der Waals surface area contributed by atoms with Crippen LogP contribution in [0.1, 0.15) is 18.1 Å². The van der Waals surface area contributed by atoms with Crippen LogP contribution >= 0.6 is 27.7 Å². The van der Waals surface area contributed by atoms with Gasteiger partial charge in [-0.2, -0.15) is 0 Å². The van der Waals surface area contributed by atoms with Crippen LogP contribution in [-0.4, -0.2) is 55.1 Å². The standard InChI is InChI=1S/C23H22BrN3O6S/c1-23(24)13-34-21-18(25-17(28)11-14-5-3-2-4-6-14)20(29)26(21)19(23)22(30)33-12-15-7-9-16(10-8-15)27(31)32/h2-10,18-19,21H,11-13H2,1H3,(H,25,28). The maximum atomic E-state index is 13.0. The molecule has 9 nitrogen and oxygen atoms in total. The Morgan fingerprint density at radius 2 is 1.88 bits per heavy atom. The number of β-lactam (4-membered cyclic amide) rings is 1. The highest BCUT2D eigenvalue weighted by molar-refractivity contribution is 9.10. The van der Waals surface area contributed by atoms with Crippen molar-refractivity contribution in [2.45, 2.75) is 41.7 Å². The lowest BCUT2D eigenvalue weighted by molar-refractivity contribution is -0.384. The van der Waals surface area contributed by atoms with Gasteiger partial charge in [-0.3, -0.25) is 19.7 Å². The van der Waals surface area contributed by atoms with E-state index < -0.39 is 27.3 Å². The molecule has 2 amide bonds. The molecule has 2 aliphatic heterocycles. The Balaban J connectivity index is 1.39. The summed E-state index contributed by atoms with van der Waals surface area (Å²) in [6.07, 6.45) is 0.166. The number of hydrogen-bond acceptors (Lipinski definition) is 7. The third-order valence-corrected chi connectivity index (χ3v) is 8.43. The fourth-order valence-corrected chi connectivity index (χ4v) is 6.22. The van der Waals surface area contributed by atoms with Gasteiger partial charge in [-0.1, -0.05) is 46.3 Å². The average molecular weight is 548 g/mol. The summed E-state index contributed by atoms with van der Waals surface area (Å²) < 4.78 is 4.76. The van der Waals surface area contributed by atoms with Crippen molar-refractivity contribution in [2.75, 3.05) is 5.75 Å². The van der Waals surface area contributed by atoms with Crippen LogP contribution in [0.3, 0.4) is 0 Å². The minimum atomic E-state index is -0.869. The zero-order valence-corrected chi connectivity index (χ0v) is 20.6. The second-order valence-corrected chi connectivity index (χ2v) is 11.3. The van der Waals surface area contributed by atoms with Crippen LogP contribution < -0.4 is 5.32 Å². The number of nitrogens with one attached hydrogen (secondary N) is 1. The van der Waals surface area contributed by atoms with Crippen LogP contribution in [0.4, 0.5) is 5.69 Å². The number of alkyl halides is 1. The number of nitro benzene ring substituents is 1. The van der Waals surface area contributed by atoms with E-state index in [2.05, 4.69) is 21.2 Å². The summed E-state index contributed by atoms with van der Waals surface area (Å²) in [5.41, 5.74) is 1.39. The summed E-state index contributed by atoms with van der Waals surface area (Å²) in [6.45, 7) is 1.75. The first-order valence-electron chi connectivity index (χ1n) is 10.5. The van der Waals surface area contributed by atoms with E-state index in [1.54, 1.807) is 0 Å². The van der Waals surface area contributed by atoms with Gasteiger partial charge in [0, 0.05) is 17.9 Å². The van der Waals surface area contributed by atoms with Gasteiger partial charge in [-0.15, -0.1) is 11.8 Å². The normalized spacial score (nSPS) is 25.6. The maximum Gasteiger partial charge on any atom is 0.330 e. The molecule has 0 spiro atoms. The van der Waals surface area contributed by atoms with Crippen molar-refractivity contribution < 1.29 is 24.0 Å². The third kappa shape index (κ3) is 4.95. The van der Waals surface area contributed by atoms with Crippen molar-refractivity contribution in [3.8, 4) is 0 Å². The Hall–Kier alpha value is -2.92. The van der Waals surface area contributed by atoms with E-state index in [4.69, 9.17) is 4.74 Å². The highest BCUT2D eigenvalue weighted by Gasteiger charge is 2.61. The maximum absolute atomic E-state index is 13.0. The SMILES string of the molecule is CC1(Br)CSC2C(NC(=O)Cc3ccccc3)C(=O)N2C1C(=O)OCc1ccc([N+](=O)[O-])cc1. The minimum absolute atomic E-state index is 0.0539. The molecule has 2 aliphatic rings. The monoisotopic (exact) mass is 547 g/mol. The number of nitrogens with zero attached hydrogens (tertiary/aromatic N) is 2. The van der Waals surface area contributed by atoms with Crippen LogP contribution in [0.5, 0.6) is 0 Å². The van der Waals surface area contributed by atoms with Gasteiger partial charge in [-0.05, 0) is 30.2 Å². The Morgan fingerprint density at radius 3 is 2.53 bits per heavy atom. The molecule has 0 aliphatic carbocycles. The highest BCUT2D eigenvalue weighted by atomic mass is 79.9. The number of hydrogen-bond donors (Lipinski definition) is 1. The quantitative estimate of drug-likeness (QED) is 0.186. The topological polar surface area (TPSA) is 119 Å². The number of nitro groups is 1. The lowest BCUT2D eigenvalue weighted by atomic mass is 9.94. The minimum Gasteiger partial charge on any atom is -0.459 e. The van der Waals surface area contributed by atoms with Gasteiger partial charge in [0.05, 0.1) is 15.7 Å². The average Bonchev–Trinajstić information content (AvgIpc) is 2.81. The molecule has 1 N–H and O–H groups in total. The van der Waals surface area contributed by atoms with Crippen molar-refractivity contribution >= 4 is 51.2 Å². The summed E-state index contributed by atoms with van der Waals surface area (Å²) in [5.74, 6) is -0.634. The lowest BCUT2D eigenvalue weighted by Crippen LogP contribution is -2.78. The molecule has 2 fully saturated rings. The first kappa shape index (κ1) is 24.2. The van der Waals surface area contributed by atoms with Crippen molar-refractivity contribution in [3.05, 3.63) is 75.8 Å². The number of halogens is 1. The zero-order valence-electron chi connectivity index (χ0n) is 18.2. The van der Waals surface area contributed by atoms with Crippen LogP contribution in [-0.2, 0) is 32.1 Å². The van der Waals surface area contributed by atoms with Gasteiger partial charge in [0.1, 0.15) is 24.1 Å². The molecule has 0 aromatic heterocycles. The van der Waals surface area contributed by atoms with Gasteiger partial charge in [0.2, 0.25) is 11.8 Å². The third-order valence-electron chi connectivity index (χ3n) is 5.74. The first-order valence-corrected chi connectivity index (χ1v) is 12.4. The molecule has 4 unspecified atom stereocenters. The smallest absolute Gasteiger partial charge is 0.330 e. The number of benzene rings is 2. The number of esters is 1. The number of amides is 2. The van der Waals surface area contributed by atoms with E-state index in [-0.39, 0.29) is 35.9 Å². The Labute approximate surface area is 208 Å². The summed E-state index contributed by atoms with van der Waals surface area (Å²) in [4.78, 5) is 50.2. The van der Waals surface area contributed by atoms with Crippen molar-refractivity contribution in [2.24, 2.45) is 0 Å². The van der Waals surface area contributed by atoms with Crippen molar-refractivity contribution in [1.29, 1.82) is 0 Å². The molecule has 2 heterocycles. The van der Waals surface area contributed by atoms with E-state index >= 15 is 0 Å². The Bertz CT molecular complexity index is 1110. The summed E-state index contributed by atoms with van der Waals surface area (Å²) in [7, 11) is 0. The number of thioether (sulfide) groups is 1. The molecule has 0 saturated carbocycles. The molecule has 2 aromatic carbocycles. The molecule has 4 rings (SSSR count). The molecule has 4 atom stereocenters. The van der Waals surface area contributed by atoms with Gasteiger partial charge in [0.15, 0.2) is 0 Å². The summed E-state index contributed by atoms with van der Waals surface area (Å²) in [5, 5.41) is 13.2. The van der Waals surface area contributed by atoms with E-state index in [1.165, 1.54) is 40.9 Å². The summed E-state index contributed by atoms with van der Waals surface area (Å²) in [6, 6.07) is 13.4.